The van der Waals surface area contributed by atoms with Crippen LogP contribution in [-0.4, -0.2) is 39.0 Å². The van der Waals surface area contributed by atoms with Gasteiger partial charge < -0.3 is 14.8 Å². The quantitative estimate of drug-likeness (QED) is 0.559. The zero-order valence-electron chi connectivity index (χ0n) is 14.6. The van der Waals surface area contributed by atoms with E-state index in [1.165, 1.54) is 13.3 Å². The number of pyridine rings is 1. The van der Waals surface area contributed by atoms with Crippen LogP contribution in [0.1, 0.15) is 0 Å². The SMILES string of the molecule is COc1cccc(-n2[nH]c(=O)c3cnc(Nc4ccnc(OC)n4)cc32)c1. The van der Waals surface area contributed by atoms with Gasteiger partial charge in [0.25, 0.3) is 5.56 Å². The Morgan fingerprint density at radius 1 is 1.07 bits per heavy atom. The highest BCUT2D eigenvalue weighted by Gasteiger charge is 2.11. The van der Waals surface area contributed by atoms with Gasteiger partial charge in [0.1, 0.15) is 17.4 Å². The van der Waals surface area contributed by atoms with Crippen LogP contribution >= 0.6 is 0 Å². The van der Waals surface area contributed by atoms with Crippen molar-refractivity contribution < 1.29 is 9.47 Å². The number of fused-ring (bicyclic) bond motifs is 1. The number of nitrogens with zero attached hydrogens (tertiary/aromatic N) is 4. The van der Waals surface area contributed by atoms with Crippen molar-refractivity contribution in [2.75, 3.05) is 19.5 Å². The molecule has 0 radical (unpaired) electrons. The minimum Gasteiger partial charge on any atom is -0.497 e. The zero-order chi connectivity index (χ0) is 18.8. The third kappa shape index (κ3) is 3.17. The first-order valence-electron chi connectivity index (χ1n) is 8.07. The third-order valence-corrected chi connectivity index (χ3v) is 3.96. The van der Waals surface area contributed by atoms with E-state index in [9.17, 15) is 4.79 Å². The number of aromatic amines is 1. The Balaban J connectivity index is 1.78. The first-order valence-corrected chi connectivity index (χ1v) is 8.07. The lowest BCUT2D eigenvalue weighted by molar-refractivity contribution is 0.380. The standard InChI is InChI=1S/C18H16N6O3/c1-26-12-5-3-4-11(8-12)24-14-9-16(20-10-13(14)17(25)23-24)21-15-6-7-19-18(22-15)27-2/h3-10H,1-2H3,(H,23,25)(H,19,20,21,22). The monoisotopic (exact) mass is 364 g/mol. The fourth-order valence-electron chi connectivity index (χ4n) is 2.69. The van der Waals surface area contributed by atoms with Gasteiger partial charge in [-0.25, -0.2) is 9.97 Å². The fourth-order valence-corrected chi connectivity index (χ4v) is 2.69. The summed E-state index contributed by atoms with van der Waals surface area (Å²) in [5.41, 5.74) is 1.21. The van der Waals surface area contributed by atoms with Crippen LogP contribution in [0.4, 0.5) is 11.6 Å². The number of rotatable bonds is 5. The Kier molecular flexibility index (Phi) is 4.17. The van der Waals surface area contributed by atoms with Crippen molar-refractivity contribution in [3.63, 3.8) is 0 Å². The molecule has 0 fully saturated rings. The van der Waals surface area contributed by atoms with Gasteiger partial charge in [-0.2, -0.15) is 4.98 Å². The second-order valence-electron chi connectivity index (χ2n) is 5.62. The molecule has 0 atom stereocenters. The molecule has 136 valence electrons. The molecule has 0 saturated carbocycles. The summed E-state index contributed by atoms with van der Waals surface area (Å²) in [6, 6.07) is 11.1. The van der Waals surface area contributed by atoms with Gasteiger partial charge >= 0.3 is 6.01 Å². The highest BCUT2D eigenvalue weighted by atomic mass is 16.5. The van der Waals surface area contributed by atoms with E-state index in [1.54, 1.807) is 30.1 Å². The van der Waals surface area contributed by atoms with E-state index < -0.39 is 0 Å². The molecule has 0 unspecified atom stereocenters. The topological polar surface area (TPSA) is 107 Å². The molecule has 1 aromatic carbocycles. The normalized spacial score (nSPS) is 10.7. The molecule has 0 amide bonds. The maximum absolute atomic E-state index is 12.3. The first-order chi connectivity index (χ1) is 13.2. The van der Waals surface area contributed by atoms with Crippen LogP contribution in [0, 0.1) is 0 Å². The van der Waals surface area contributed by atoms with Crippen molar-refractivity contribution in [2.24, 2.45) is 0 Å². The lowest BCUT2D eigenvalue weighted by atomic mass is 10.2. The van der Waals surface area contributed by atoms with Crippen LogP contribution < -0.4 is 20.3 Å². The van der Waals surface area contributed by atoms with Gasteiger partial charge in [-0.1, -0.05) is 6.07 Å². The minimum atomic E-state index is -0.226. The minimum absolute atomic E-state index is 0.226. The average Bonchev–Trinajstić information content (AvgIpc) is 3.04. The number of hydrogen-bond acceptors (Lipinski definition) is 7. The number of benzene rings is 1. The van der Waals surface area contributed by atoms with Crippen molar-refractivity contribution in [1.82, 2.24) is 24.7 Å². The van der Waals surface area contributed by atoms with Crippen molar-refractivity contribution in [3.05, 3.63) is 59.1 Å². The van der Waals surface area contributed by atoms with Gasteiger partial charge in [0.2, 0.25) is 0 Å². The Bertz CT molecular complexity index is 1170. The van der Waals surface area contributed by atoms with E-state index in [0.29, 0.717) is 28.3 Å². The van der Waals surface area contributed by atoms with Crippen LogP contribution in [0.5, 0.6) is 11.8 Å². The lowest BCUT2D eigenvalue weighted by Gasteiger charge is -2.08. The smallest absolute Gasteiger partial charge is 0.318 e. The van der Waals surface area contributed by atoms with Crippen molar-refractivity contribution >= 4 is 22.5 Å². The molecular weight excluding hydrogens is 348 g/mol. The van der Waals surface area contributed by atoms with Gasteiger partial charge in [0, 0.05) is 24.5 Å². The van der Waals surface area contributed by atoms with E-state index in [4.69, 9.17) is 9.47 Å². The molecule has 9 nitrogen and oxygen atoms in total. The molecule has 0 aliphatic rings. The molecule has 3 aromatic heterocycles. The number of aromatic nitrogens is 5. The van der Waals surface area contributed by atoms with Crippen LogP contribution in [0.15, 0.2) is 53.6 Å². The predicted molar refractivity (Wildman–Crippen MR) is 100 cm³/mol. The third-order valence-electron chi connectivity index (χ3n) is 3.96. The molecule has 9 heteroatoms. The van der Waals surface area contributed by atoms with E-state index >= 15 is 0 Å². The summed E-state index contributed by atoms with van der Waals surface area (Å²) in [6.45, 7) is 0. The average molecular weight is 364 g/mol. The van der Waals surface area contributed by atoms with Crippen LogP contribution in [0.2, 0.25) is 0 Å². The number of nitrogens with one attached hydrogen (secondary N) is 2. The molecule has 3 heterocycles. The molecule has 0 aliphatic heterocycles. The number of ether oxygens (including phenoxy) is 2. The van der Waals surface area contributed by atoms with E-state index in [1.807, 2.05) is 24.3 Å². The summed E-state index contributed by atoms with van der Waals surface area (Å²) >= 11 is 0. The van der Waals surface area contributed by atoms with Gasteiger partial charge in [-0.3, -0.25) is 14.6 Å². The molecule has 4 aromatic rings. The maximum atomic E-state index is 12.3. The van der Waals surface area contributed by atoms with Gasteiger partial charge in [-0.15, -0.1) is 0 Å². The molecular formula is C18H16N6O3. The Labute approximate surface area is 153 Å². The second-order valence-corrected chi connectivity index (χ2v) is 5.62. The van der Waals surface area contributed by atoms with Crippen LogP contribution in [0.3, 0.4) is 0 Å². The molecule has 27 heavy (non-hydrogen) atoms. The zero-order valence-corrected chi connectivity index (χ0v) is 14.6. The van der Waals surface area contributed by atoms with Gasteiger partial charge in [-0.05, 0) is 18.2 Å². The molecule has 0 bridgehead atoms. The van der Waals surface area contributed by atoms with E-state index in [0.717, 1.165) is 5.69 Å². The molecule has 0 saturated heterocycles. The van der Waals surface area contributed by atoms with Crippen molar-refractivity contribution in [1.29, 1.82) is 0 Å². The van der Waals surface area contributed by atoms with Crippen LogP contribution in [-0.2, 0) is 0 Å². The molecule has 4 rings (SSSR count). The van der Waals surface area contributed by atoms with Crippen molar-refractivity contribution in [3.8, 4) is 17.4 Å². The summed E-state index contributed by atoms with van der Waals surface area (Å²) in [4.78, 5) is 24.7. The fraction of sp³-hybridized carbons (Fsp3) is 0.111. The summed E-state index contributed by atoms with van der Waals surface area (Å²) < 4.78 is 12.0. The highest BCUT2D eigenvalue weighted by molar-refractivity contribution is 5.82. The molecule has 2 N–H and O–H groups in total. The number of methoxy groups -OCH3 is 2. The van der Waals surface area contributed by atoms with Gasteiger partial charge in [0.05, 0.1) is 30.8 Å². The highest BCUT2D eigenvalue weighted by Crippen LogP contribution is 2.22. The molecule has 0 spiro atoms. The molecule has 0 aliphatic carbocycles. The number of hydrogen-bond donors (Lipinski definition) is 2. The van der Waals surface area contributed by atoms with Gasteiger partial charge in [0.15, 0.2) is 0 Å². The van der Waals surface area contributed by atoms with E-state index in [-0.39, 0.29) is 11.6 Å². The summed E-state index contributed by atoms with van der Waals surface area (Å²) in [5, 5.41) is 6.38. The number of H-pyrrole nitrogens is 1. The summed E-state index contributed by atoms with van der Waals surface area (Å²) in [7, 11) is 3.09. The predicted octanol–water partition coefficient (Wildman–Crippen LogP) is 2.26. The second kappa shape index (κ2) is 6.79. The van der Waals surface area contributed by atoms with Crippen LogP contribution in [0.25, 0.3) is 16.6 Å². The Hall–Kier alpha value is -3.88. The van der Waals surface area contributed by atoms with E-state index in [2.05, 4.69) is 25.4 Å². The first kappa shape index (κ1) is 16.6. The summed E-state index contributed by atoms with van der Waals surface area (Å²) in [6.07, 6.45) is 3.10. The Morgan fingerprint density at radius 2 is 1.96 bits per heavy atom. The lowest BCUT2D eigenvalue weighted by Crippen LogP contribution is -2.03. The number of anilines is 2. The Morgan fingerprint density at radius 3 is 2.78 bits per heavy atom. The maximum Gasteiger partial charge on any atom is 0.318 e. The summed E-state index contributed by atoms with van der Waals surface area (Å²) in [5.74, 6) is 1.74. The largest absolute Gasteiger partial charge is 0.497 e. The van der Waals surface area contributed by atoms with Crippen molar-refractivity contribution in [2.45, 2.75) is 0 Å².